The number of pyridine rings is 1. The molecule has 0 unspecified atom stereocenters. The molecule has 140 valence electrons. The predicted molar refractivity (Wildman–Crippen MR) is 106 cm³/mol. The number of amides is 1. The number of hydrogen-bond donors (Lipinski definition) is 1. The highest BCUT2D eigenvalue weighted by atomic mass is 32.1. The molecule has 0 bridgehead atoms. The summed E-state index contributed by atoms with van der Waals surface area (Å²) in [6.45, 7) is 3.66. The molecule has 0 atom stereocenters. The van der Waals surface area contributed by atoms with Gasteiger partial charge in [-0.05, 0) is 50.2 Å². The van der Waals surface area contributed by atoms with Gasteiger partial charge in [0.2, 0.25) is 0 Å². The van der Waals surface area contributed by atoms with Crippen molar-refractivity contribution >= 4 is 22.4 Å². The van der Waals surface area contributed by atoms with Crippen molar-refractivity contribution in [2.24, 2.45) is 0 Å². The van der Waals surface area contributed by atoms with Gasteiger partial charge in [0.1, 0.15) is 17.2 Å². The Morgan fingerprint density at radius 1 is 1.11 bits per heavy atom. The molecule has 3 heterocycles. The molecule has 3 aromatic heterocycles. The van der Waals surface area contributed by atoms with Crippen LogP contribution in [0.15, 0.2) is 54.0 Å². The Morgan fingerprint density at radius 2 is 1.89 bits per heavy atom. The molecule has 0 saturated carbocycles. The van der Waals surface area contributed by atoms with E-state index >= 15 is 0 Å². The summed E-state index contributed by atoms with van der Waals surface area (Å²) in [6, 6.07) is 11.4. The van der Waals surface area contributed by atoms with Gasteiger partial charge in [-0.1, -0.05) is 6.07 Å². The van der Waals surface area contributed by atoms with Gasteiger partial charge >= 0.3 is 0 Å². The number of anilines is 1. The number of hydrogen-bond acceptors (Lipinski definition) is 5. The summed E-state index contributed by atoms with van der Waals surface area (Å²) < 4.78 is 14.8. The SMILES string of the molecule is Cc1nn(-c2ccc(F)cc2)c(C(=O)Nc2nc(-c3ccccn3)cs2)c1C. The van der Waals surface area contributed by atoms with E-state index in [0.717, 1.165) is 17.0 Å². The summed E-state index contributed by atoms with van der Waals surface area (Å²) >= 11 is 1.32. The fourth-order valence-electron chi connectivity index (χ4n) is 2.76. The van der Waals surface area contributed by atoms with Crippen molar-refractivity contribution in [3.8, 4) is 17.1 Å². The summed E-state index contributed by atoms with van der Waals surface area (Å²) in [5, 5.41) is 9.57. The first-order chi connectivity index (χ1) is 13.5. The maximum absolute atomic E-state index is 13.3. The van der Waals surface area contributed by atoms with Gasteiger partial charge in [0.25, 0.3) is 5.91 Å². The van der Waals surface area contributed by atoms with E-state index in [1.807, 2.05) is 37.4 Å². The van der Waals surface area contributed by atoms with Crippen molar-refractivity contribution in [1.82, 2.24) is 19.7 Å². The molecular weight excluding hydrogens is 377 g/mol. The first kappa shape index (κ1) is 18.0. The number of carbonyl (C=O) groups excluding carboxylic acids is 1. The molecule has 0 aliphatic rings. The van der Waals surface area contributed by atoms with E-state index in [1.165, 1.54) is 28.2 Å². The van der Waals surface area contributed by atoms with Crippen LogP contribution >= 0.6 is 11.3 Å². The zero-order valence-corrected chi connectivity index (χ0v) is 16.0. The summed E-state index contributed by atoms with van der Waals surface area (Å²) in [5.74, 6) is -0.676. The van der Waals surface area contributed by atoms with Gasteiger partial charge in [0.05, 0.1) is 17.1 Å². The molecule has 0 spiro atoms. The van der Waals surface area contributed by atoms with Crippen molar-refractivity contribution in [2.45, 2.75) is 13.8 Å². The summed E-state index contributed by atoms with van der Waals surface area (Å²) in [7, 11) is 0. The number of nitrogens with zero attached hydrogens (tertiary/aromatic N) is 4. The smallest absolute Gasteiger partial charge is 0.276 e. The lowest BCUT2D eigenvalue weighted by molar-refractivity contribution is 0.101. The lowest BCUT2D eigenvalue weighted by Gasteiger charge is -2.08. The first-order valence-electron chi connectivity index (χ1n) is 8.53. The topological polar surface area (TPSA) is 72.7 Å². The largest absolute Gasteiger partial charge is 0.296 e. The van der Waals surface area contributed by atoms with Crippen LogP contribution in [-0.2, 0) is 0 Å². The number of benzene rings is 1. The maximum atomic E-state index is 13.3. The van der Waals surface area contributed by atoms with E-state index in [-0.39, 0.29) is 11.7 Å². The quantitative estimate of drug-likeness (QED) is 0.558. The summed E-state index contributed by atoms with van der Waals surface area (Å²) in [6.07, 6.45) is 1.69. The molecule has 0 saturated heterocycles. The van der Waals surface area contributed by atoms with Crippen LogP contribution in [0, 0.1) is 19.7 Å². The predicted octanol–water partition coefficient (Wildman–Crippen LogP) is 4.40. The van der Waals surface area contributed by atoms with Gasteiger partial charge in [-0.25, -0.2) is 14.1 Å². The Kier molecular flexibility index (Phi) is 4.70. The molecule has 4 rings (SSSR count). The van der Waals surface area contributed by atoms with Crippen molar-refractivity contribution in [3.05, 3.63) is 76.8 Å². The third-order valence-electron chi connectivity index (χ3n) is 4.30. The fraction of sp³-hybridized carbons (Fsp3) is 0.100. The molecule has 0 aliphatic carbocycles. The summed E-state index contributed by atoms with van der Waals surface area (Å²) in [4.78, 5) is 21.7. The number of carbonyl (C=O) groups is 1. The van der Waals surface area contributed by atoms with Gasteiger partial charge in [0, 0.05) is 17.1 Å². The van der Waals surface area contributed by atoms with Gasteiger partial charge in [0.15, 0.2) is 5.13 Å². The monoisotopic (exact) mass is 393 g/mol. The Balaban J connectivity index is 1.64. The molecule has 0 radical (unpaired) electrons. The molecule has 28 heavy (non-hydrogen) atoms. The van der Waals surface area contributed by atoms with Crippen LogP contribution in [0.1, 0.15) is 21.7 Å². The second-order valence-electron chi connectivity index (χ2n) is 6.15. The highest BCUT2D eigenvalue weighted by Gasteiger charge is 2.21. The van der Waals surface area contributed by atoms with Crippen molar-refractivity contribution < 1.29 is 9.18 Å². The van der Waals surface area contributed by atoms with Crippen LogP contribution in [0.2, 0.25) is 0 Å². The van der Waals surface area contributed by atoms with Crippen LogP contribution in [0.4, 0.5) is 9.52 Å². The molecule has 4 aromatic rings. The average Bonchev–Trinajstić information content (AvgIpc) is 3.28. The molecular formula is C20H16FN5OS. The summed E-state index contributed by atoms with van der Waals surface area (Å²) in [5.41, 5.74) is 3.91. The molecule has 0 aliphatic heterocycles. The maximum Gasteiger partial charge on any atom is 0.276 e. The van der Waals surface area contributed by atoms with E-state index in [0.29, 0.717) is 22.2 Å². The van der Waals surface area contributed by atoms with Crippen LogP contribution in [0.5, 0.6) is 0 Å². The third-order valence-corrected chi connectivity index (χ3v) is 5.06. The highest BCUT2D eigenvalue weighted by Crippen LogP contribution is 2.25. The Morgan fingerprint density at radius 3 is 2.61 bits per heavy atom. The van der Waals surface area contributed by atoms with Gasteiger partial charge in [-0.15, -0.1) is 11.3 Å². The highest BCUT2D eigenvalue weighted by molar-refractivity contribution is 7.14. The van der Waals surface area contributed by atoms with Crippen LogP contribution in [-0.4, -0.2) is 25.7 Å². The number of aromatic nitrogens is 4. The zero-order chi connectivity index (χ0) is 19.7. The molecule has 1 aromatic carbocycles. The second kappa shape index (κ2) is 7.32. The second-order valence-corrected chi connectivity index (χ2v) is 7.01. The van der Waals surface area contributed by atoms with Gasteiger partial charge in [-0.2, -0.15) is 5.10 Å². The number of aryl methyl sites for hydroxylation is 1. The lowest BCUT2D eigenvalue weighted by Crippen LogP contribution is -2.18. The zero-order valence-electron chi connectivity index (χ0n) is 15.2. The van der Waals surface area contributed by atoms with E-state index in [1.54, 1.807) is 18.3 Å². The minimum Gasteiger partial charge on any atom is -0.296 e. The van der Waals surface area contributed by atoms with E-state index in [2.05, 4.69) is 20.4 Å². The Bertz CT molecular complexity index is 1140. The lowest BCUT2D eigenvalue weighted by atomic mass is 10.2. The van der Waals surface area contributed by atoms with Crippen molar-refractivity contribution in [3.63, 3.8) is 0 Å². The number of rotatable bonds is 4. The van der Waals surface area contributed by atoms with Crippen LogP contribution in [0.3, 0.4) is 0 Å². The number of nitrogens with one attached hydrogen (secondary N) is 1. The Hall–Kier alpha value is -3.39. The van der Waals surface area contributed by atoms with Crippen LogP contribution in [0.25, 0.3) is 17.1 Å². The number of halogens is 1. The minimum atomic E-state index is -0.347. The standard InChI is InChI=1S/C20H16FN5OS/c1-12-13(2)25-26(15-8-6-14(21)7-9-15)18(12)19(27)24-20-23-17(11-28-20)16-5-3-4-10-22-16/h3-11H,1-2H3,(H,23,24,27). The van der Waals surface area contributed by atoms with E-state index in [9.17, 15) is 9.18 Å². The van der Waals surface area contributed by atoms with Gasteiger partial charge < -0.3 is 0 Å². The van der Waals surface area contributed by atoms with E-state index < -0.39 is 0 Å². The first-order valence-corrected chi connectivity index (χ1v) is 9.41. The molecule has 0 fully saturated rings. The fourth-order valence-corrected chi connectivity index (χ4v) is 3.46. The van der Waals surface area contributed by atoms with Crippen molar-refractivity contribution in [1.29, 1.82) is 0 Å². The van der Waals surface area contributed by atoms with E-state index in [4.69, 9.17) is 0 Å². The van der Waals surface area contributed by atoms with Gasteiger partial charge in [-0.3, -0.25) is 15.1 Å². The average molecular weight is 393 g/mol. The normalized spacial score (nSPS) is 10.8. The van der Waals surface area contributed by atoms with Crippen LogP contribution < -0.4 is 5.32 Å². The molecule has 1 amide bonds. The minimum absolute atomic E-state index is 0.329. The molecule has 6 nitrogen and oxygen atoms in total. The Labute approximate surface area is 164 Å². The molecule has 1 N–H and O–H groups in total. The number of thiazole rings is 1. The molecule has 8 heteroatoms. The third kappa shape index (κ3) is 3.41. The van der Waals surface area contributed by atoms with Crippen molar-refractivity contribution in [2.75, 3.05) is 5.32 Å².